The average Bonchev–Trinajstić information content (AvgIpc) is 2.65. The average molecular weight is 324 g/mol. The largest absolute Gasteiger partial charge is 0.497 e. The zero-order valence-electron chi connectivity index (χ0n) is 14.3. The van der Waals surface area contributed by atoms with E-state index in [1.807, 2.05) is 31.2 Å². The van der Waals surface area contributed by atoms with Crippen molar-refractivity contribution in [3.8, 4) is 5.75 Å². The maximum atomic E-state index is 12.5. The quantitative estimate of drug-likeness (QED) is 0.919. The van der Waals surface area contributed by atoms with Crippen molar-refractivity contribution < 1.29 is 9.53 Å². The van der Waals surface area contributed by atoms with Crippen LogP contribution in [-0.4, -0.2) is 30.5 Å². The molecular weight excluding hydrogens is 300 g/mol. The standard InChI is InChI=1S/C20H24N2O2/c1-15(22-12-11-17-5-3-4-6-18(17)14-22)20(23)21-13-16-7-9-19(24-2)10-8-16/h3-10,15H,11-14H2,1-2H3,(H,21,23). The molecule has 2 aromatic carbocycles. The van der Waals surface area contributed by atoms with Crippen LogP contribution < -0.4 is 10.1 Å². The second-order valence-electron chi connectivity index (χ2n) is 6.23. The van der Waals surface area contributed by atoms with Crippen molar-refractivity contribution in [1.82, 2.24) is 10.2 Å². The molecule has 4 nitrogen and oxygen atoms in total. The van der Waals surface area contributed by atoms with Gasteiger partial charge in [0.05, 0.1) is 13.2 Å². The summed E-state index contributed by atoms with van der Waals surface area (Å²) in [5.41, 5.74) is 3.80. The molecule has 0 fully saturated rings. The van der Waals surface area contributed by atoms with Gasteiger partial charge >= 0.3 is 0 Å². The fourth-order valence-electron chi connectivity index (χ4n) is 3.09. The summed E-state index contributed by atoms with van der Waals surface area (Å²) in [6.45, 7) is 4.29. The molecule has 0 spiro atoms. The first-order valence-electron chi connectivity index (χ1n) is 8.39. The summed E-state index contributed by atoms with van der Waals surface area (Å²) in [5.74, 6) is 0.899. The molecule has 4 heteroatoms. The first-order valence-corrected chi connectivity index (χ1v) is 8.39. The number of carbonyl (C=O) groups is 1. The Morgan fingerprint density at radius 2 is 1.88 bits per heavy atom. The normalized spacial score (nSPS) is 15.4. The molecule has 24 heavy (non-hydrogen) atoms. The third-order valence-corrected chi connectivity index (χ3v) is 4.71. The predicted molar refractivity (Wildman–Crippen MR) is 94.9 cm³/mol. The van der Waals surface area contributed by atoms with E-state index in [4.69, 9.17) is 4.74 Å². The number of nitrogens with zero attached hydrogens (tertiary/aromatic N) is 1. The summed E-state index contributed by atoms with van der Waals surface area (Å²) in [4.78, 5) is 14.7. The van der Waals surface area contributed by atoms with Crippen LogP contribution in [0.1, 0.15) is 23.6 Å². The highest BCUT2D eigenvalue weighted by Crippen LogP contribution is 2.20. The lowest BCUT2D eigenvalue weighted by Gasteiger charge is -2.32. The van der Waals surface area contributed by atoms with Crippen molar-refractivity contribution in [3.63, 3.8) is 0 Å². The van der Waals surface area contributed by atoms with Gasteiger partial charge in [-0.2, -0.15) is 0 Å². The number of carbonyl (C=O) groups excluding carboxylic acids is 1. The van der Waals surface area contributed by atoms with Crippen LogP contribution in [0, 0.1) is 0 Å². The molecular formula is C20H24N2O2. The number of methoxy groups -OCH3 is 1. The van der Waals surface area contributed by atoms with E-state index >= 15 is 0 Å². The molecule has 2 aromatic rings. The van der Waals surface area contributed by atoms with Crippen molar-refractivity contribution in [2.45, 2.75) is 32.5 Å². The Kier molecular flexibility index (Phi) is 5.16. The highest BCUT2D eigenvalue weighted by molar-refractivity contribution is 5.81. The minimum Gasteiger partial charge on any atom is -0.497 e. The van der Waals surface area contributed by atoms with Gasteiger partial charge in [-0.15, -0.1) is 0 Å². The fourth-order valence-corrected chi connectivity index (χ4v) is 3.09. The van der Waals surface area contributed by atoms with Crippen LogP contribution in [0.5, 0.6) is 5.75 Å². The fraction of sp³-hybridized carbons (Fsp3) is 0.350. The van der Waals surface area contributed by atoms with Crippen LogP contribution in [0.15, 0.2) is 48.5 Å². The lowest BCUT2D eigenvalue weighted by Crippen LogP contribution is -2.46. The van der Waals surface area contributed by atoms with Crippen molar-refractivity contribution in [1.29, 1.82) is 0 Å². The van der Waals surface area contributed by atoms with Gasteiger partial charge in [-0.25, -0.2) is 0 Å². The minimum atomic E-state index is -0.128. The third-order valence-electron chi connectivity index (χ3n) is 4.71. The molecule has 1 aliphatic heterocycles. The number of hydrogen-bond donors (Lipinski definition) is 1. The summed E-state index contributed by atoms with van der Waals surface area (Å²) < 4.78 is 5.15. The van der Waals surface area contributed by atoms with Crippen molar-refractivity contribution in [2.75, 3.05) is 13.7 Å². The SMILES string of the molecule is COc1ccc(CNC(=O)C(C)N2CCc3ccccc3C2)cc1. The lowest BCUT2D eigenvalue weighted by molar-refractivity contribution is -0.126. The van der Waals surface area contributed by atoms with Gasteiger partial charge < -0.3 is 10.1 Å². The molecule has 1 amide bonds. The van der Waals surface area contributed by atoms with E-state index in [-0.39, 0.29) is 11.9 Å². The second-order valence-corrected chi connectivity index (χ2v) is 6.23. The van der Waals surface area contributed by atoms with Gasteiger partial charge in [0.1, 0.15) is 5.75 Å². The van der Waals surface area contributed by atoms with Gasteiger partial charge in [-0.05, 0) is 42.2 Å². The smallest absolute Gasteiger partial charge is 0.237 e. The summed E-state index contributed by atoms with van der Waals surface area (Å²) in [6, 6.07) is 16.1. The van der Waals surface area contributed by atoms with Gasteiger partial charge in [-0.3, -0.25) is 9.69 Å². The Bertz CT molecular complexity index is 697. The molecule has 0 radical (unpaired) electrons. The van der Waals surface area contributed by atoms with Crippen LogP contribution >= 0.6 is 0 Å². The van der Waals surface area contributed by atoms with E-state index in [9.17, 15) is 4.79 Å². The van der Waals surface area contributed by atoms with Gasteiger partial charge in [0.2, 0.25) is 5.91 Å². The van der Waals surface area contributed by atoms with E-state index in [0.717, 1.165) is 30.8 Å². The highest BCUT2D eigenvalue weighted by Gasteiger charge is 2.24. The number of rotatable bonds is 5. The molecule has 1 N–H and O–H groups in total. The van der Waals surface area contributed by atoms with Gasteiger partial charge in [-0.1, -0.05) is 36.4 Å². The summed E-state index contributed by atoms with van der Waals surface area (Å²) in [7, 11) is 1.65. The van der Waals surface area contributed by atoms with Crippen molar-refractivity contribution in [3.05, 3.63) is 65.2 Å². The monoisotopic (exact) mass is 324 g/mol. The zero-order valence-corrected chi connectivity index (χ0v) is 14.3. The first kappa shape index (κ1) is 16.5. The molecule has 0 aliphatic carbocycles. The van der Waals surface area contributed by atoms with E-state index in [0.29, 0.717) is 6.54 Å². The predicted octanol–water partition coefficient (Wildman–Crippen LogP) is 2.76. The Morgan fingerprint density at radius 1 is 1.17 bits per heavy atom. The molecule has 126 valence electrons. The molecule has 1 atom stereocenters. The van der Waals surface area contributed by atoms with Crippen LogP contribution in [0.3, 0.4) is 0 Å². The molecule has 0 aromatic heterocycles. The Hall–Kier alpha value is -2.33. The summed E-state index contributed by atoms with van der Waals surface area (Å²) in [6.07, 6.45) is 1.01. The summed E-state index contributed by atoms with van der Waals surface area (Å²) >= 11 is 0. The first-order chi connectivity index (χ1) is 11.7. The van der Waals surface area contributed by atoms with E-state index in [2.05, 4.69) is 34.5 Å². The molecule has 1 unspecified atom stereocenters. The van der Waals surface area contributed by atoms with Gasteiger partial charge in [0, 0.05) is 19.6 Å². The molecule has 0 bridgehead atoms. The molecule has 3 rings (SSSR count). The summed E-state index contributed by atoms with van der Waals surface area (Å²) in [5, 5.41) is 3.04. The van der Waals surface area contributed by atoms with E-state index < -0.39 is 0 Å². The van der Waals surface area contributed by atoms with Crippen LogP contribution in [0.25, 0.3) is 0 Å². The Morgan fingerprint density at radius 3 is 2.58 bits per heavy atom. The molecule has 0 saturated heterocycles. The van der Waals surface area contributed by atoms with Crippen LogP contribution in [0.2, 0.25) is 0 Å². The van der Waals surface area contributed by atoms with Crippen molar-refractivity contribution in [2.24, 2.45) is 0 Å². The van der Waals surface area contributed by atoms with Gasteiger partial charge in [0.25, 0.3) is 0 Å². The number of benzene rings is 2. The van der Waals surface area contributed by atoms with E-state index in [1.54, 1.807) is 7.11 Å². The van der Waals surface area contributed by atoms with Crippen LogP contribution in [-0.2, 0) is 24.3 Å². The molecule has 1 aliphatic rings. The Balaban J connectivity index is 1.55. The highest BCUT2D eigenvalue weighted by atomic mass is 16.5. The number of nitrogens with one attached hydrogen (secondary N) is 1. The molecule has 1 heterocycles. The Labute approximate surface area is 143 Å². The maximum Gasteiger partial charge on any atom is 0.237 e. The number of ether oxygens (including phenoxy) is 1. The van der Waals surface area contributed by atoms with Crippen LogP contribution in [0.4, 0.5) is 0 Å². The number of fused-ring (bicyclic) bond motifs is 1. The second kappa shape index (κ2) is 7.49. The van der Waals surface area contributed by atoms with E-state index in [1.165, 1.54) is 11.1 Å². The molecule has 0 saturated carbocycles. The third kappa shape index (κ3) is 3.77. The number of amides is 1. The maximum absolute atomic E-state index is 12.5. The minimum absolute atomic E-state index is 0.0743. The van der Waals surface area contributed by atoms with Crippen molar-refractivity contribution >= 4 is 5.91 Å². The topological polar surface area (TPSA) is 41.6 Å². The number of hydrogen-bond acceptors (Lipinski definition) is 3. The lowest BCUT2D eigenvalue weighted by atomic mass is 9.99. The zero-order chi connectivity index (χ0) is 16.9. The van der Waals surface area contributed by atoms with Gasteiger partial charge in [0.15, 0.2) is 0 Å².